The third-order valence-corrected chi connectivity index (χ3v) is 3.35. The van der Waals surface area contributed by atoms with Crippen LogP contribution in [0.1, 0.15) is 57.6 Å². The average Bonchev–Trinajstić information content (AvgIpc) is 2.87. The minimum Gasteiger partial charge on any atom is -0.308 e. The maximum atomic E-state index is 5.59. The summed E-state index contributed by atoms with van der Waals surface area (Å²) < 4.78 is 1.79. The Kier molecular flexibility index (Phi) is 4.00. The summed E-state index contributed by atoms with van der Waals surface area (Å²) in [5.41, 5.74) is 4.40. The van der Waals surface area contributed by atoms with Crippen molar-refractivity contribution in [1.82, 2.24) is 19.7 Å². The monoisotopic (exact) mass is 288 g/mol. The summed E-state index contributed by atoms with van der Waals surface area (Å²) in [6.45, 7) is 12.4. The SMILES string of the molecule is Cc1c(NN)nc(C(C)(C)C)nc1-n1ccc(C(C)C)n1. The van der Waals surface area contributed by atoms with Gasteiger partial charge in [-0.15, -0.1) is 0 Å². The Morgan fingerprint density at radius 1 is 1.24 bits per heavy atom. The topological polar surface area (TPSA) is 81.6 Å². The second-order valence-corrected chi connectivity index (χ2v) is 6.58. The van der Waals surface area contributed by atoms with Crippen LogP contribution in [0.15, 0.2) is 12.3 Å². The first-order chi connectivity index (χ1) is 9.74. The van der Waals surface area contributed by atoms with Crippen LogP contribution in [0.4, 0.5) is 5.82 Å². The van der Waals surface area contributed by atoms with Crippen molar-refractivity contribution in [2.24, 2.45) is 5.84 Å². The molecule has 0 aliphatic rings. The molecule has 0 spiro atoms. The molecule has 0 aliphatic heterocycles. The van der Waals surface area contributed by atoms with Crippen LogP contribution in [0, 0.1) is 6.92 Å². The second-order valence-electron chi connectivity index (χ2n) is 6.58. The number of nitrogens with zero attached hydrogens (tertiary/aromatic N) is 4. The summed E-state index contributed by atoms with van der Waals surface area (Å²) in [6, 6.07) is 2.01. The summed E-state index contributed by atoms with van der Waals surface area (Å²) in [6.07, 6.45) is 1.93. The van der Waals surface area contributed by atoms with E-state index in [0.29, 0.717) is 11.7 Å². The van der Waals surface area contributed by atoms with Crippen LogP contribution in [-0.2, 0) is 5.41 Å². The smallest absolute Gasteiger partial charge is 0.162 e. The zero-order valence-electron chi connectivity index (χ0n) is 13.6. The van der Waals surface area contributed by atoms with E-state index < -0.39 is 0 Å². The predicted molar refractivity (Wildman–Crippen MR) is 84.5 cm³/mol. The maximum Gasteiger partial charge on any atom is 0.162 e. The number of nitrogens with two attached hydrogens (primary N) is 1. The molecule has 21 heavy (non-hydrogen) atoms. The number of rotatable bonds is 3. The standard InChI is InChI=1S/C15H24N6/c1-9(2)11-7-8-21(20-11)13-10(3)12(19-16)17-14(18-13)15(4,5)6/h7-9H,16H2,1-6H3,(H,17,18,19). The highest BCUT2D eigenvalue weighted by Gasteiger charge is 2.22. The van der Waals surface area contributed by atoms with Crippen molar-refractivity contribution in [3.8, 4) is 5.82 Å². The molecule has 0 fully saturated rings. The van der Waals surface area contributed by atoms with Gasteiger partial charge in [0.2, 0.25) is 0 Å². The number of anilines is 1. The molecule has 0 unspecified atom stereocenters. The van der Waals surface area contributed by atoms with Crippen LogP contribution >= 0.6 is 0 Å². The molecular weight excluding hydrogens is 264 g/mol. The Labute approximate surface area is 125 Å². The van der Waals surface area contributed by atoms with Gasteiger partial charge >= 0.3 is 0 Å². The van der Waals surface area contributed by atoms with Crippen molar-refractivity contribution in [3.05, 3.63) is 29.3 Å². The van der Waals surface area contributed by atoms with Gasteiger partial charge in [0.25, 0.3) is 0 Å². The van der Waals surface area contributed by atoms with Gasteiger partial charge in [-0.2, -0.15) is 5.10 Å². The molecule has 0 atom stereocenters. The van der Waals surface area contributed by atoms with Crippen molar-refractivity contribution in [3.63, 3.8) is 0 Å². The Morgan fingerprint density at radius 2 is 1.90 bits per heavy atom. The van der Waals surface area contributed by atoms with E-state index in [2.05, 4.69) is 55.1 Å². The maximum absolute atomic E-state index is 5.59. The zero-order valence-corrected chi connectivity index (χ0v) is 13.6. The normalized spacial score (nSPS) is 12.0. The molecule has 6 heteroatoms. The molecule has 0 saturated heterocycles. The summed E-state index contributed by atoms with van der Waals surface area (Å²) in [5, 5.41) is 4.60. The Balaban J connectivity index is 2.60. The van der Waals surface area contributed by atoms with Gasteiger partial charge in [-0.25, -0.2) is 20.5 Å². The van der Waals surface area contributed by atoms with Crippen molar-refractivity contribution >= 4 is 5.82 Å². The number of hydrogen-bond donors (Lipinski definition) is 2. The Morgan fingerprint density at radius 3 is 2.38 bits per heavy atom. The van der Waals surface area contributed by atoms with Crippen molar-refractivity contribution in [2.75, 3.05) is 5.43 Å². The Bertz CT molecular complexity index is 636. The van der Waals surface area contributed by atoms with E-state index in [4.69, 9.17) is 5.84 Å². The molecule has 0 aliphatic carbocycles. The molecule has 0 amide bonds. The van der Waals surface area contributed by atoms with E-state index >= 15 is 0 Å². The highest BCUT2D eigenvalue weighted by atomic mass is 15.3. The zero-order chi connectivity index (χ0) is 15.8. The summed E-state index contributed by atoms with van der Waals surface area (Å²) in [4.78, 5) is 9.19. The molecule has 0 saturated carbocycles. The lowest BCUT2D eigenvalue weighted by Gasteiger charge is -2.20. The first-order valence-electron chi connectivity index (χ1n) is 7.15. The van der Waals surface area contributed by atoms with E-state index in [-0.39, 0.29) is 5.41 Å². The van der Waals surface area contributed by atoms with Crippen molar-refractivity contribution in [2.45, 2.75) is 52.9 Å². The van der Waals surface area contributed by atoms with Crippen LogP contribution in [0.25, 0.3) is 5.82 Å². The molecule has 2 rings (SSSR count). The van der Waals surface area contributed by atoms with Crippen LogP contribution in [0.3, 0.4) is 0 Å². The largest absolute Gasteiger partial charge is 0.308 e. The predicted octanol–water partition coefficient (Wildman–Crippen LogP) is 2.68. The van der Waals surface area contributed by atoms with Gasteiger partial charge in [-0.05, 0) is 18.9 Å². The van der Waals surface area contributed by atoms with E-state index in [1.54, 1.807) is 4.68 Å². The van der Waals surface area contributed by atoms with Crippen molar-refractivity contribution < 1.29 is 0 Å². The molecule has 2 aromatic rings. The number of hydrazine groups is 1. The number of nitrogen functional groups attached to an aromatic ring is 1. The van der Waals surface area contributed by atoms with E-state index in [1.165, 1.54) is 0 Å². The summed E-state index contributed by atoms with van der Waals surface area (Å²) in [5.74, 6) is 8.09. The molecule has 114 valence electrons. The first kappa shape index (κ1) is 15.4. The fraction of sp³-hybridized carbons (Fsp3) is 0.533. The molecule has 0 radical (unpaired) electrons. The van der Waals surface area contributed by atoms with Gasteiger partial charge < -0.3 is 5.43 Å². The van der Waals surface area contributed by atoms with Gasteiger partial charge in [-0.3, -0.25) is 0 Å². The third-order valence-electron chi connectivity index (χ3n) is 3.35. The van der Waals surface area contributed by atoms with Gasteiger partial charge in [0, 0.05) is 17.2 Å². The van der Waals surface area contributed by atoms with Crippen LogP contribution < -0.4 is 11.3 Å². The highest BCUT2D eigenvalue weighted by Crippen LogP contribution is 2.25. The van der Waals surface area contributed by atoms with E-state index in [0.717, 1.165) is 22.9 Å². The van der Waals surface area contributed by atoms with E-state index in [1.807, 2.05) is 19.2 Å². The van der Waals surface area contributed by atoms with Gasteiger partial charge in [0.1, 0.15) is 11.6 Å². The fourth-order valence-electron chi connectivity index (χ4n) is 1.97. The molecule has 2 heterocycles. The van der Waals surface area contributed by atoms with E-state index in [9.17, 15) is 0 Å². The average molecular weight is 288 g/mol. The first-order valence-corrected chi connectivity index (χ1v) is 7.15. The van der Waals surface area contributed by atoms with Crippen LogP contribution in [0.5, 0.6) is 0 Å². The minimum absolute atomic E-state index is 0.165. The quantitative estimate of drug-likeness (QED) is 0.670. The fourth-order valence-corrected chi connectivity index (χ4v) is 1.97. The van der Waals surface area contributed by atoms with Gasteiger partial charge in [-0.1, -0.05) is 34.6 Å². The minimum atomic E-state index is -0.165. The highest BCUT2D eigenvalue weighted by molar-refractivity contribution is 5.51. The van der Waals surface area contributed by atoms with Crippen molar-refractivity contribution in [1.29, 1.82) is 0 Å². The molecule has 0 aromatic carbocycles. The lowest BCUT2D eigenvalue weighted by Crippen LogP contribution is -2.22. The molecular formula is C15H24N6. The van der Waals surface area contributed by atoms with Crippen LogP contribution in [-0.4, -0.2) is 19.7 Å². The summed E-state index contributed by atoms with van der Waals surface area (Å²) >= 11 is 0. The van der Waals surface area contributed by atoms with Gasteiger partial charge in [0.05, 0.1) is 5.69 Å². The Hall–Kier alpha value is -1.95. The molecule has 2 aromatic heterocycles. The molecule has 6 nitrogen and oxygen atoms in total. The number of aromatic nitrogens is 4. The second kappa shape index (κ2) is 5.44. The summed E-state index contributed by atoms with van der Waals surface area (Å²) in [7, 11) is 0. The van der Waals surface area contributed by atoms with Gasteiger partial charge in [0.15, 0.2) is 5.82 Å². The third kappa shape index (κ3) is 3.05. The lowest BCUT2D eigenvalue weighted by atomic mass is 9.95. The lowest BCUT2D eigenvalue weighted by molar-refractivity contribution is 0.541. The molecule has 0 bridgehead atoms. The number of nitrogens with one attached hydrogen (secondary N) is 1. The van der Waals surface area contributed by atoms with Crippen LogP contribution in [0.2, 0.25) is 0 Å². The molecule has 3 N–H and O–H groups in total. The number of hydrogen-bond acceptors (Lipinski definition) is 5.